The van der Waals surface area contributed by atoms with E-state index in [-0.39, 0.29) is 113 Å². The van der Waals surface area contributed by atoms with E-state index in [4.69, 9.17) is 34.4 Å². The van der Waals surface area contributed by atoms with Crippen LogP contribution in [0.2, 0.25) is 0 Å². The molecule has 572 valence electrons. The number of nitrogens with one attached hydrogen (secondary N) is 11. The second kappa shape index (κ2) is 45.3. The van der Waals surface area contributed by atoms with Crippen molar-refractivity contribution in [3.8, 4) is 5.75 Å². The molecule has 1 aliphatic heterocycles. The molecule has 0 aliphatic carbocycles. The highest BCUT2D eigenvalue weighted by molar-refractivity contribution is 7.80. The summed E-state index contributed by atoms with van der Waals surface area (Å²) >= 11 is 4.27. The van der Waals surface area contributed by atoms with Crippen molar-refractivity contribution in [1.29, 1.82) is 0 Å². The lowest BCUT2D eigenvalue weighted by atomic mass is 10.0. The van der Waals surface area contributed by atoms with Crippen LogP contribution >= 0.6 is 12.6 Å². The van der Waals surface area contributed by atoms with Gasteiger partial charge in [0.15, 0.2) is 11.9 Å². The van der Waals surface area contributed by atoms with Crippen LogP contribution in [0, 0.1) is 11.8 Å². The van der Waals surface area contributed by atoms with E-state index in [1.165, 1.54) is 52.0 Å². The number of carboxylic acid groups (broad SMARTS) is 1. The molecule has 0 aromatic heterocycles. The van der Waals surface area contributed by atoms with Crippen LogP contribution < -0.4 is 92.9 Å². The van der Waals surface area contributed by atoms with Gasteiger partial charge in [-0.3, -0.25) is 77.1 Å². The third kappa shape index (κ3) is 32.8. The summed E-state index contributed by atoms with van der Waals surface area (Å²) in [7, 11) is 0. The molecule has 102 heavy (non-hydrogen) atoms. The summed E-state index contributed by atoms with van der Waals surface area (Å²) in [6, 6.07) is -11.2. The zero-order chi connectivity index (χ0) is 77.1. The number of carbonyl (C=O) groups excluding carboxylic acids is 13. The molecule has 13 atom stereocenters. The number of aliphatic hydroxyl groups excluding tert-OH is 1. The first-order chi connectivity index (χ1) is 47.9. The number of amides is 13. The highest BCUT2D eigenvalue weighted by Crippen LogP contribution is 2.22. The van der Waals surface area contributed by atoms with Crippen molar-refractivity contribution in [1.82, 2.24) is 63.4 Å². The number of carbonyl (C=O) groups is 14. The van der Waals surface area contributed by atoms with Gasteiger partial charge in [0.05, 0.1) is 6.10 Å². The standard InChI is InChI=1S/C64H108N20O17S/c1-32(2)28-44(51(66)90)79-53(92)35(6)74-58(97)46(30-38-18-20-39(87)21-19-38)81-61(100)48-17-13-27-84(48)62(101)50(36(7)85)83-59(98)45(29-33(3)4)80-60(99)47(31-102)82-57(96)43(22-23-49(88)89)78-56(95)42(16-12-26-72-64(69)70)77-55(94)41(15-11-25-71-63(67)68)76-52(91)34(5)73-54(93)40(75-37(8)86)14-9-10-24-65/h18-21,32-36,40-48,50,85,87,102H,9-17,22-31,65H2,1-8H3,(H2,66,90)(H,73,93)(H,74,97)(H,75,86)(H,76,91)(H,77,94)(H,78,95)(H,79,92)(H,80,99)(H,81,100)(H,82,96)(H,83,98)(H,88,89)(H4,67,68,71)(H4,69,70,72)/t34-,35-,36+,40-,41-,42-,43-,44-,45-,46-,47-,48-,50-/m0/s1. The molecule has 1 aromatic carbocycles. The molecule has 0 unspecified atom stereocenters. The molecule has 1 aliphatic rings. The molecule has 13 amide bonds. The molecule has 0 saturated carbocycles. The fourth-order valence-corrected chi connectivity index (χ4v) is 10.9. The van der Waals surface area contributed by atoms with Gasteiger partial charge in [-0.2, -0.15) is 12.6 Å². The number of hydrogen-bond acceptors (Lipinski definition) is 20. The second-order valence-electron chi connectivity index (χ2n) is 25.9. The van der Waals surface area contributed by atoms with Crippen molar-refractivity contribution >= 4 is 107 Å². The van der Waals surface area contributed by atoms with Crippen LogP contribution in [-0.2, 0) is 73.5 Å². The Morgan fingerprint density at radius 2 is 0.951 bits per heavy atom. The Labute approximate surface area is 598 Å². The van der Waals surface area contributed by atoms with Crippen LogP contribution in [0.3, 0.4) is 0 Å². The normalized spacial score (nSPS) is 16.1. The second-order valence-corrected chi connectivity index (χ2v) is 26.3. The van der Waals surface area contributed by atoms with Gasteiger partial charge in [0.2, 0.25) is 76.8 Å². The average molecular weight is 1460 g/mol. The predicted octanol–water partition coefficient (Wildman–Crippen LogP) is -5.69. The van der Waals surface area contributed by atoms with Crippen molar-refractivity contribution in [3.05, 3.63) is 29.8 Å². The lowest BCUT2D eigenvalue weighted by Gasteiger charge is -2.32. The number of rotatable bonds is 46. The number of phenols is 1. The van der Waals surface area contributed by atoms with Gasteiger partial charge in [0.1, 0.15) is 78.3 Å². The number of carboxylic acids is 1. The van der Waals surface area contributed by atoms with Gasteiger partial charge >= 0.3 is 5.97 Å². The Balaban J connectivity index is 2.45. The van der Waals surface area contributed by atoms with Gasteiger partial charge in [-0.1, -0.05) is 39.8 Å². The molecule has 0 radical (unpaired) electrons. The number of thiol groups is 1. The highest BCUT2D eigenvalue weighted by atomic mass is 32.1. The number of aliphatic imine (C=N–C) groups is 2. The average Bonchev–Trinajstić information content (AvgIpc) is 1.57. The number of primary amides is 1. The van der Waals surface area contributed by atoms with E-state index in [9.17, 15) is 82.4 Å². The molecule has 0 bridgehead atoms. The Morgan fingerprint density at radius 1 is 0.529 bits per heavy atom. The first-order valence-electron chi connectivity index (χ1n) is 33.9. The van der Waals surface area contributed by atoms with Crippen molar-refractivity contribution < 1.29 is 82.4 Å². The number of nitrogens with zero attached hydrogens (tertiary/aromatic N) is 3. The smallest absolute Gasteiger partial charge is 0.303 e. The molecule has 0 spiro atoms. The molecule has 1 fully saturated rings. The summed E-state index contributed by atoms with van der Waals surface area (Å²) in [5.41, 5.74) is 33.6. The maximum absolute atomic E-state index is 14.5. The van der Waals surface area contributed by atoms with E-state index in [1.807, 2.05) is 13.8 Å². The largest absolute Gasteiger partial charge is 0.508 e. The number of aromatic hydroxyl groups is 1. The van der Waals surface area contributed by atoms with Crippen molar-refractivity contribution in [3.63, 3.8) is 0 Å². The van der Waals surface area contributed by atoms with E-state index in [0.29, 0.717) is 24.9 Å². The monoisotopic (exact) mass is 1460 g/mol. The minimum absolute atomic E-state index is 0.0151. The molecule has 1 saturated heterocycles. The van der Waals surface area contributed by atoms with Gasteiger partial charge in [-0.25, -0.2) is 0 Å². The number of aliphatic carboxylic acids is 1. The van der Waals surface area contributed by atoms with Gasteiger partial charge in [0, 0.05) is 45.2 Å². The lowest BCUT2D eigenvalue weighted by molar-refractivity contribution is -0.144. The van der Waals surface area contributed by atoms with Gasteiger partial charge in [-0.05, 0) is 134 Å². The number of guanidine groups is 2. The van der Waals surface area contributed by atoms with Crippen molar-refractivity contribution in [2.45, 2.75) is 224 Å². The summed E-state index contributed by atoms with van der Waals surface area (Å²) < 4.78 is 0. The molecule has 1 aromatic rings. The SMILES string of the molecule is CC(=O)N[C@@H](CCCCN)C(=O)N[C@@H](C)C(=O)N[C@@H](CCCN=C(N)N)C(=O)N[C@@H](CCCN=C(N)N)C(=O)N[C@@H](CCC(=O)O)C(=O)N[C@@H](CS)C(=O)N[C@@H](CC(C)C)C(=O)N[C@H](C(=O)N1CCC[C@H]1C(=O)N[C@@H](Cc1ccc(O)cc1)C(=O)N[C@@H](C)C(=O)N[C@@H](CC(C)C)C(N)=O)[C@@H](C)O. The summed E-state index contributed by atoms with van der Waals surface area (Å²) in [6.45, 7) is 12.3. The summed E-state index contributed by atoms with van der Waals surface area (Å²) in [5, 5.41) is 58.6. The maximum atomic E-state index is 14.5. The highest BCUT2D eigenvalue weighted by Gasteiger charge is 2.42. The Bertz CT molecular complexity index is 3080. The fourth-order valence-electron chi connectivity index (χ4n) is 10.6. The number of unbranched alkanes of at least 4 members (excludes halogenated alkanes) is 1. The third-order valence-electron chi connectivity index (χ3n) is 16.0. The molecule has 1 heterocycles. The molecular weight excluding hydrogens is 1350 g/mol. The number of benzene rings is 1. The number of nitrogens with two attached hydrogens (primary N) is 6. The van der Waals surface area contributed by atoms with Crippen LogP contribution in [-0.4, -0.2) is 225 Å². The van der Waals surface area contributed by atoms with Crippen LogP contribution in [0.25, 0.3) is 0 Å². The fraction of sp³-hybridized carbons (Fsp3) is 0.656. The van der Waals surface area contributed by atoms with E-state index < -0.39 is 180 Å². The topological polar surface area (TPSA) is 616 Å². The summed E-state index contributed by atoms with van der Waals surface area (Å²) in [4.78, 5) is 199. The van der Waals surface area contributed by atoms with E-state index in [2.05, 4.69) is 81.1 Å². The van der Waals surface area contributed by atoms with Gasteiger partial charge < -0.3 is 113 Å². The van der Waals surface area contributed by atoms with Crippen LogP contribution in [0.4, 0.5) is 0 Å². The van der Waals surface area contributed by atoms with Gasteiger partial charge in [-0.15, -0.1) is 0 Å². The van der Waals surface area contributed by atoms with Crippen molar-refractivity contribution in [2.24, 2.45) is 56.2 Å². The summed E-state index contributed by atoms with van der Waals surface area (Å²) in [6.07, 6.45) is -1.73. The zero-order valence-electron chi connectivity index (χ0n) is 59.2. The minimum Gasteiger partial charge on any atom is -0.508 e. The first kappa shape index (κ1) is 88.5. The Kier molecular flexibility index (Phi) is 39.3. The Hall–Kier alpha value is -9.59. The molecule has 26 N–H and O–H groups in total. The predicted molar refractivity (Wildman–Crippen MR) is 378 cm³/mol. The molecule has 38 heteroatoms. The quantitative estimate of drug-likeness (QED) is 0.0125. The molecule has 2 rings (SSSR count). The van der Waals surface area contributed by atoms with Crippen LogP contribution in [0.1, 0.15) is 144 Å². The van der Waals surface area contributed by atoms with Gasteiger partial charge in [0.25, 0.3) is 0 Å². The first-order valence-corrected chi connectivity index (χ1v) is 34.5. The third-order valence-corrected chi connectivity index (χ3v) is 16.4. The molecule has 37 nitrogen and oxygen atoms in total. The van der Waals surface area contributed by atoms with Crippen LogP contribution in [0.5, 0.6) is 5.75 Å². The number of hydrogen-bond donors (Lipinski definition) is 21. The Morgan fingerprint density at radius 3 is 1.41 bits per heavy atom. The summed E-state index contributed by atoms with van der Waals surface area (Å²) in [5.74, 6) is -14.2. The number of aliphatic hydroxyl groups is 1. The van der Waals surface area contributed by atoms with E-state index in [1.54, 1.807) is 13.8 Å². The zero-order valence-corrected chi connectivity index (χ0v) is 60.1. The minimum atomic E-state index is -1.75. The molecular formula is C64H108N20O17S. The van der Waals surface area contributed by atoms with Crippen molar-refractivity contribution in [2.75, 3.05) is 31.9 Å². The van der Waals surface area contributed by atoms with E-state index in [0.717, 1.165) is 4.90 Å². The van der Waals surface area contributed by atoms with Crippen LogP contribution in [0.15, 0.2) is 34.3 Å². The maximum Gasteiger partial charge on any atom is 0.303 e. The van der Waals surface area contributed by atoms with E-state index >= 15 is 0 Å². The number of phenolic OH excluding ortho intramolecular Hbond substituents is 1. The lowest BCUT2D eigenvalue weighted by Crippen LogP contribution is -2.62. The number of likely N-dealkylation sites (tertiary alicyclic amines) is 1.